The van der Waals surface area contributed by atoms with Crippen LogP contribution < -0.4 is 0 Å². The summed E-state index contributed by atoms with van der Waals surface area (Å²) in [6.07, 6.45) is 3.36. The quantitative estimate of drug-likeness (QED) is 0.769. The van der Waals surface area contributed by atoms with Gasteiger partial charge in [-0.05, 0) is 49.6 Å². The summed E-state index contributed by atoms with van der Waals surface area (Å²) in [5.41, 5.74) is 3.54. The van der Waals surface area contributed by atoms with Crippen molar-refractivity contribution in [3.63, 3.8) is 0 Å². The third-order valence-corrected chi connectivity index (χ3v) is 4.66. The molecule has 0 unspecified atom stereocenters. The molecule has 0 saturated carbocycles. The molecule has 0 radical (unpaired) electrons. The van der Waals surface area contributed by atoms with Gasteiger partial charge in [0, 0.05) is 12.7 Å². The van der Waals surface area contributed by atoms with Gasteiger partial charge in [-0.1, -0.05) is 17.7 Å². The van der Waals surface area contributed by atoms with E-state index in [0.717, 1.165) is 29.7 Å². The molecule has 0 bridgehead atoms. The predicted molar refractivity (Wildman–Crippen MR) is 93.1 cm³/mol. The van der Waals surface area contributed by atoms with E-state index in [1.54, 1.807) is 12.1 Å². The third kappa shape index (κ3) is 2.65. The van der Waals surface area contributed by atoms with Gasteiger partial charge in [0.2, 0.25) is 0 Å². The Hall–Kier alpha value is -2.40. The lowest BCUT2D eigenvalue weighted by atomic mass is 10.2. The molecule has 1 aliphatic rings. The topological polar surface area (TPSA) is 61.9 Å². The zero-order chi connectivity index (χ0) is 16.7. The van der Waals surface area contributed by atoms with Gasteiger partial charge < -0.3 is 9.88 Å². The van der Waals surface area contributed by atoms with E-state index in [1.165, 1.54) is 11.8 Å². The number of carbonyl (C=O) groups excluding carboxylic acids is 1. The molecule has 2 aromatic heterocycles. The van der Waals surface area contributed by atoms with Crippen LogP contribution in [0, 0.1) is 6.92 Å². The fraction of sp³-hybridized carbons (Fsp3) is 0.278. The number of fused-ring (bicyclic) bond motifs is 1. The van der Waals surface area contributed by atoms with Gasteiger partial charge in [-0.2, -0.15) is 0 Å². The number of likely N-dealkylation sites (tertiary alicyclic amines) is 1. The summed E-state index contributed by atoms with van der Waals surface area (Å²) in [5.74, 6) is 0.765. The normalized spacial score (nSPS) is 17.6. The van der Waals surface area contributed by atoms with E-state index in [-0.39, 0.29) is 11.9 Å². The number of aromatic nitrogens is 3. The Kier molecular flexibility index (Phi) is 3.73. The summed E-state index contributed by atoms with van der Waals surface area (Å²) >= 11 is 5.86. The largest absolute Gasteiger partial charge is 0.340 e. The average molecular weight is 341 g/mol. The van der Waals surface area contributed by atoms with Crippen molar-refractivity contribution in [3.05, 3.63) is 58.6 Å². The maximum atomic E-state index is 12.8. The second-order valence-electron chi connectivity index (χ2n) is 6.16. The lowest BCUT2D eigenvalue weighted by Gasteiger charge is -2.22. The van der Waals surface area contributed by atoms with E-state index in [1.807, 2.05) is 17.0 Å². The molecule has 1 atom stereocenters. The third-order valence-electron chi connectivity index (χ3n) is 4.43. The molecule has 4 rings (SSSR count). The molecule has 1 aliphatic heterocycles. The average Bonchev–Trinajstić information content (AvgIpc) is 3.20. The van der Waals surface area contributed by atoms with E-state index in [9.17, 15) is 4.79 Å². The Labute approximate surface area is 144 Å². The van der Waals surface area contributed by atoms with E-state index in [4.69, 9.17) is 11.6 Å². The van der Waals surface area contributed by atoms with Crippen molar-refractivity contribution in [3.8, 4) is 0 Å². The van der Waals surface area contributed by atoms with Crippen molar-refractivity contribution >= 4 is 28.5 Å². The van der Waals surface area contributed by atoms with Gasteiger partial charge in [0.15, 0.2) is 0 Å². The lowest BCUT2D eigenvalue weighted by Crippen LogP contribution is -2.31. The number of nitrogens with one attached hydrogen (secondary N) is 1. The lowest BCUT2D eigenvalue weighted by molar-refractivity contribution is 0.0724. The molecule has 1 amide bonds. The first-order valence-electron chi connectivity index (χ1n) is 8.00. The molecule has 3 heterocycles. The number of rotatable bonds is 2. The van der Waals surface area contributed by atoms with E-state index < -0.39 is 0 Å². The molecule has 1 fully saturated rings. The molecule has 0 aliphatic carbocycles. The summed E-state index contributed by atoms with van der Waals surface area (Å²) in [6.45, 7) is 2.77. The highest BCUT2D eigenvalue weighted by atomic mass is 35.5. The van der Waals surface area contributed by atoms with Crippen molar-refractivity contribution in [1.29, 1.82) is 0 Å². The van der Waals surface area contributed by atoms with Gasteiger partial charge in [0.1, 0.15) is 11.5 Å². The van der Waals surface area contributed by atoms with E-state index in [2.05, 4.69) is 27.9 Å². The fourth-order valence-corrected chi connectivity index (χ4v) is 3.36. The number of aromatic amines is 1. The first kappa shape index (κ1) is 15.1. The van der Waals surface area contributed by atoms with Crippen LogP contribution in [0.2, 0.25) is 5.02 Å². The Balaban J connectivity index is 1.66. The highest BCUT2D eigenvalue weighted by Gasteiger charge is 2.33. The van der Waals surface area contributed by atoms with Crippen molar-refractivity contribution in [2.24, 2.45) is 0 Å². The maximum absolute atomic E-state index is 12.8. The zero-order valence-corrected chi connectivity index (χ0v) is 14.0. The van der Waals surface area contributed by atoms with Crippen LogP contribution in [-0.2, 0) is 0 Å². The van der Waals surface area contributed by atoms with Crippen molar-refractivity contribution in [2.45, 2.75) is 25.8 Å². The summed E-state index contributed by atoms with van der Waals surface area (Å²) in [4.78, 5) is 26.9. The van der Waals surface area contributed by atoms with Crippen molar-refractivity contribution < 1.29 is 4.79 Å². The second kappa shape index (κ2) is 5.91. The molecule has 5 nitrogen and oxygen atoms in total. The number of carbonyl (C=O) groups is 1. The Morgan fingerprint density at radius 2 is 2.21 bits per heavy atom. The van der Waals surface area contributed by atoms with Crippen LogP contribution in [0.4, 0.5) is 0 Å². The molecule has 6 heteroatoms. The maximum Gasteiger partial charge on any atom is 0.273 e. The molecular formula is C18H17ClN4O. The number of amides is 1. The van der Waals surface area contributed by atoms with Gasteiger partial charge in [-0.25, -0.2) is 9.97 Å². The predicted octanol–water partition coefficient (Wildman–Crippen LogP) is 3.90. The number of imidazole rings is 1. The molecular weight excluding hydrogens is 324 g/mol. The summed E-state index contributed by atoms with van der Waals surface area (Å²) in [6, 6.07) is 9.45. The summed E-state index contributed by atoms with van der Waals surface area (Å²) < 4.78 is 0. The van der Waals surface area contributed by atoms with E-state index >= 15 is 0 Å². The van der Waals surface area contributed by atoms with E-state index in [0.29, 0.717) is 17.3 Å². The zero-order valence-electron chi connectivity index (χ0n) is 13.3. The molecule has 1 N–H and O–H groups in total. The number of H-pyrrole nitrogens is 1. The molecule has 0 spiro atoms. The van der Waals surface area contributed by atoms with Gasteiger partial charge in [-0.15, -0.1) is 0 Å². The first-order chi connectivity index (χ1) is 11.6. The standard InChI is InChI=1S/C18H17ClN4O/c1-11-4-6-13-15(9-11)22-17(21-13)16-3-2-8-23(16)18(24)14-7-5-12(19)10-20-14/h4-7,9-10,16H,2-3,8H2,1H3,(H,21,22)/t16-/m0/s1. The van der Waals surface area contributed by atoms with Gasteiger partial charge in [0.05, 0.1) is 22.1 Å². The smallest absolute Gasteiger partial charge is 0.273 e. The van der Waals surface area contributed by atoms with Crippen LogP contribution in [0.5, 0.6) is 0 Å². The first-order valence-corrected chi connectivity index (χ1v) is 8.38. The number of hydrogen-bond donors (Lipinski definition) is 1. The number of pyridine rings is 1. The van der Waals surface area contributed by atoms with Crippen LogP contribution >= 0.6 is 11.6 Å². The SMILES string of the molecule is Cc1ccc2nc([C@@H]3CCCN3C(=O)c3ccc(Cl)cn3)[nH]c2c1. The molecule has 1 aromatic carbocycles. The number of nitrogens with zero attached hydrogens (tertiary/aromatic N) is 3. The van der Waals surface area contributed by atoms with Crippen molar-refractivity contribution in [2.75, 3.05) is 6.54 Å². The summed E-state index contributed by atoms with van der Waals surface area (Å²) in [5, 5.41) is 0.525. The monoisotopic (exact) mass is 340 g/mol. The second-order valence-corrected chi connectivity index (χ2v) is 6.60. The molecule has 24 heavy (non-hydrogen) atoms. The minimum Gasteiger partial charge on any atom is -0.340 e. The van der Waals surface area contributed by atoms with Gasteiger partial charge in [-0.3, -0.25) is 4.79 Å². The van der Waals surface area contributed by atoms with Gasteiger partial charge in [0.25, 0.3) is 5.91 Å². The highest BCUT2D eigenvalue weighted by Crippen LogP contribution is 2.32. The Bertz CT molecular complexity index is 903. The van der Waals surface area contributed by atoms with Crippen LogP contribution in [0.25, 0.3) is 11.0 Å². The molecule has 1 saturated heterocycles. The van der Waals surface area contributed by atoms with Crippen LogP contribution in [0.3, 0.4) is 0 Å². The Morgan fingerprint density at radius 3 is 3.00 bits per heavy atom. The minimum absolute atomic E-state index is 0.0392. The van der Waals surface area contributed by atoms with Crippen molar-refractivity contribution in [1.82, 2.24) is 19.9 Å². The Morgan fingerprint density at radius 1 is 1.33 bits per heavy atom. The van der Waals surface area contributed by atoms with Gasteiger partial charge >= 0.3 is 0 Å². The van der Waals surface area contributed by atoms with Crippen LogP contribution in [-0.4, -0.2) is 32.3 Å². The molecule has 3 aromatic rings. The summed E-state index contributed by atoms with van der Waals surface area (Å²) in [7, 11) is 0. The van der Waals surface area contributed by atoms with Crippen LogP contribution in [0.1, 0.15) is 40.8 Å². The molecule has 122 valence electrons. The minimum atomic E-state index is -0.0780. The highest BCUT2D eigenvalue weighted by molar-refractivity contribution is 6.30. The fourth-order valence-electron chi connectivity index (χ4n) is 3.24. The number of aryl methyl sites for hydroxylation is 1. The number of hydrogen-bond acceptors (Lipinski definition) is 3. The number of halogens is 1. The number of benzene rings is 1. The van der Waals surface area contributed by atoms with Crippen LogP contribution in [0.15, 0.2) is 36.5 Å².